The number of hydrogen-bond donors (Lipinski definition) is 1. The molecule has 1 saturated heterocycles. The first-order chi connectivity index (χ1) is 12.7. The average Bonchev–Trinajstić information content (AvgIpc) is 2.70. The highest BCUT2D eigenvalue weighted by molar-refractivity contribution is 5.94. The van der Waals surface area contributed by atoms with E-state index < -0.39 is 0 Å². The van der Waals surface area contributed by atoms with Crippen LogP contribution in [0.15, 0.2) is 54.6 Å². The van der Waals surface area contributed by atoms with Crippen molar-refractivity contribution in [2.75, 3.05) is 20.2 Å². The maximum Gasteiger partial charge on any atom is 0.337 e. The van der Waals surface area contributed by atoms with Gasteiger partial charge in [-0.3, -0.25) is 9.69 Å². The number of hydrogen-bond acceptors (Lipinski definition) is 4. The molecule has 5 nitrogen and oxygen atoms in total. The molecule has 1 fully saturated rings. The molecule has 26 heavy (non-hydrogen) atoms. The Morgan fingerprint density at radius 3 is 2.27 bits per heavy atom. The number of rotatable bonds is 5. The third-order valence-corrected chi connectivity index (χ3v) is 4.74. The number of carbonyl (C=O) groups is 2. The van der Waals surface area contributed by atoms with Gasteiger partial charge in [0.05, 0.1) is 12.7 Å². The molecule has 1 N–H and O–H groups in total. The molecule has 2 aromatic rings. The molecule has 5 heteroatoms. The molecule has 1 amide bonds. The Morgan fingerprint density at radius 2 is 1.65 bits per heavy atom. The quantitative estimate of drug-likeness (QED) is 0.841. The number of likely N-dealkylation sites (tertiary alicyclic amines) is 1. The molecular weight excluding hydrogens is 328 g/mol. The molecule has 2 aromatic carbocycles. The summed E-state index contributed by atoms with van der Waals surface area (Å²) >= 11 is 0. The van der Waals surface area contributed by atoms with Crippen LogP contribution in [0.5, 0.6) is 0 Å². The van der Waals surface area contributed by atoms with E-state index in [1.807, 2.05) is 42.5 Å². The molecule has 0 saturated carbocycles. The van der Waals surface area contributed by atoms with Gasteiger partial charge in [-0.25, -0.2) is 4.79 Å². The molecule has 0 unspecified atom stereocenters. The number of methoxy groups -OCH3 is 1. The second kappa shape index (κ2) is 8.63. The summed E-state index contributed by atoms with van der Waals surface area (Å²) in [5.74, 6) is -0.311. The van der Waals surface area contributed by atoms with E-state index in [0.717, 1.165) is 32.5 Å². The van der Waals surface area contributed by atoms with Gasteiger partial charge in [0.25, 0.3) is 5.91 Å². The van der Waals surface area contributed by atoms with E-state index in [4.69, 9.17) is 4.74 Å². The number of nitrogens with zero attached hydrogens (tertiary/aromatic N) is 1. The zero-order valence-corrected chi connectivity index (χ0v) is 15.0. The summed E-state index contributed by atoms with van der Waals surface area (Å²) in [7, 11) is 1.39. The molecule has 0 spiro atoms. The molecule has 1 aliphatic rings. The molecule has 0 radical (unpaired) electrons. The van der Waals surface area contributed by atoms with Gasteiger partial charge < -0.3 is 10.1 Å². The van der Waals surface area contributed by atoms with Crippen molar-refractivity contribution in [1.82, 2.24) is 10.2 Å². The summed E-state index contributed by atoms with van der Waals surface area (Å²) < 4.78 is 4.72. The molecule has 136 valence electrons. The third kappa shape index (κ3) is 4.70. The Kier molecular flexibility index (Phi) is 6.02. The number of esters is 1. The number of nitrogens with one attached hydrogen (secondary N) is 1. The largest absolute Gasteiger partial charge is 0.465 e. The summed E-state index contributed by atoms with van der Waals surface area (Å²) in [4.78, 5) is 26.1. The summed E-state index contributed by atoms with van der Waals surface area (Å²) in [5.41, 5.74) is 2.45. The fraction of sp³-hybridized carbons (Fsp3) is 0.333. The van der Waals surface area contributed by atoms with Crippen molar-refractivity contribution in [3.8, 4) is 0 Å². The number of carbonyl (C=O) groups excluding carboxylic acids is 2. The first kappa shape index (κ1) is 18.1. The topological polar surface area (TPSA) is 58.6 Å². The Labute approximate surface area is 154 Å². The number of benzene rings is 2. The highest BCUT2D eigenvalue weighted by atomic mass is 16.5. The first-order valence-electron chi connectivity index (χ1n) is 8.91. The number of amides is 1. The van der Waals surface area contributed by atoms with Crippen LogP contribution >= 0.6 is 0 Å². The lowest BCUT2D eigenvalue weighted by molar-refractivity contribution is 0.0600. The van der Waals surface area contributed by atoms with E-state index >= 15 is 0 Å². The lowest BCUT2D eigenvalue weighted by atomic mass is 10.0. The second-order valence-corrected chi connectivity index (χ2v) is 6.58. The predicted octanol–water partition coefficient (Wildman–Crippen LogP) is 2.87. The standard InChI is InChI=1S/C21H24N2O3/c1-26-21(25)18-9-7-16(8-10-18)15-23-13-11-19(12-14-23)22-20(24)17-5-3-2-4-6-17/h2-10,19H,11-15H2,1H3,(H,22,24). The van der Waals surface area contributed by atoms with Crippen molar-refractivity contribution in [1.29, 1.82) is 0 Å². The van der Waals surface area contributed by atoms with Gasteiger partial charge >= 0.3 is 5.97 Å². The van der Waals surface area contributed by atoms with Gasteiger partial charge in [0.2, 0.25) is 0 Å². The van der Waals surface area contributed by atoms with Crippen molar-refractivity contribution in [2.24, 2.45) is 0 Å². The normalized spacial score (nSPS) is 15.4. The van der Waals surface area contributed by atoms with E-state index in [0.29, 0.717) is 11.1 Å². The van der Waals surface area contributed by atoms with Crippen LogP contribution in [0.2, 0.25) is 0 Å². The fourth-order valence-electron chi connectivity index (χ4n) is 3.22. The van der Waals surface area contributed by atoms with Crippen LogP contribution in [-0.2, 0) is 11.3 Å². The van der Waals surface area contributed by atoms with Crippen molar-refractivity contribution < 1.29 is 14.3 Å². The third-order valence-electron chi connectivity index (χ3n) is 4.74. The van der Waals surface area contributed by atoms with Crippen LogP contribution < -0.4 is 5.32 Å². The van der Waals surface area contributed by atoms with Gasteiger partial charge in [-0.2, -0.15) is 0 Å². The average molecular weight is 352 g/mol. The Bertz CT molecular complexity index is 736. The van der Waals surface area contributed by atoms with E-state index in [1.54, 1.807) is 12.1 Å². The summed E-state index contributed by atoms with van der Waals surface area (Å²) in [6, 6.07) is 17.1. The van der Waals surface area contributed by atoms with Crippen molar-refractivity contribution in [3.05, 3.63) is 71.3 Å². The molecule has 0 bridgehead atoms. The minimum absolute atomic E-state index is 0.00227. The van der Waals surface area contributed by atoms with Gasteiger partial charge in [0.15, 0.2) is 0 Å². The zero-order valence-electron chi connectivity index (χ0n) is 15.0. The van der Waals surface area contributed by atoms with Crippen LogP contribution in [-0.4, -0.2) is 43.0 Å². The number of piperidine rings is 1. The van der Waals surface area contributed by atoms with Gasteiger partial charge in [-0.15, -0.1) is 0 Å². The van der Waals surface area contributed by atoms with E-state index in [-0.39, 0.29) is 17.9 Å². The Hall–Kier alpha value is -2.66. The second-order valence-electron chi connectivity index (χ2n) is 6.58. The van der Waals surface area contributed by atoms with E-state index in [2.05, 4.69) is 10.2 Å². The highest BCUT2D eigenvalue weighted by Gasteiger charge is 2.21. The van der Waals surface area contributed by atoms with E-state index in [9.17, 15) is 9.59 Å². The van der Waals surface area contributed by atoms with Crippen LogP contribution in [0.25, 0.3) is 0 Å². The fourth-order valence-corrected chi connectivity index (χ4v) is 3.22. The lowest BCUT2D eigenvalue weighted by Crippen LogP contribution is -2.44. The number of ether oxygens (including phenoxy) is 1. The van der Waals surface area contributed by atoms with Crippen LogP contribution in [0.4, 0.5) is 0 Å². The summed E-state index contributed by atoms with van der Waals surface area (Å²) in [5, 5.41) is 3.13. The van der Waals surface area contributed by atoms with Crippen LogP contribution in [0.3, 0.4) is 0 Å². The van der Waals surface area contributed by atoms with Crippen LogP contribution in [0, 0.1) is 0 Å². The Balaban J connectivity index is 1.46. The minimum atomic E-state index is -0.313. The maximum absolute atomic E-state index is 12.2. The predicted molar refractivity (Wildman–Crippen MR) is 100.0 cm³/mol. The molecule has 0 aromatic heterocycles. The molecule has 3 rings (SSSR count). The monoisotopic (exact) mass is 352 g/mol. The summed E-state index contributed by atoms with van der Waals surface area (Å²) in [6.45, 7) is 2.73. The molecule has 1 heterocycles. The molecule has 0 aliphatic carbocycles. The van der Waals surface area contributed by atoms with Crippen molar-refractivity contribution >= 4 is 11.9 Å². The first-order valence-corrected chi connectivity index (χ1v) is 8.91. The van der Waals surface area contributed by atoms with Gasteiger partial charge in [0.1, 0.15) is 0 Å². The van der Waals surface area contributed by atoms with Crippen molar-refractivity contribution in [3.63, 3.8) is 0 Å². The van der Waals surface area contributed by atoms with Crippen molar-refractivity contribution in [2.45, 2.75) is 25.4 Å². The van der Waals surface area contributed by atoms with Gasteiger partial charge in [-0.1, -0.05) is 30.3 Å². The molecule has 0 atom stereocenters. The van der Waals surface area contributed by atoms with E-state index in [1.165, 1.54) is 12.7 Å². The Morgan fingerprint density at radius 1 is 1.00 bits per heavy atom. The zero-order chi connectivity index (χ0) is 18.4. The highest BCUT2D eigenvalue weighted by Crippen LogP contribution is 2.15. The van der Waals surface area contributed by atoms with Crippen LogP contribution in [0.1, 0.15) is 39.1 Å². The molecule has 1 aliphatic heterocycles. The lowest BCUT2D eigenvalue weighted by Gasteiger charge is -2.32. The smallest absolute Gasteiger partial charge is 0.337 e. The molecular formula is C21H24N2O3. The van der Waals surface area contributed by atoms with Gasteiger partial charge in [0, 0.05) is 31.2 Å². The summed E-state index contributed by atoms with van der Waals surface area (Å²) in [6.07, 6.45) is 1.89. The maximum atomic E-state index is 12.2. The minimum Gasteiger partial charge on any atom is -0.465 e. The van der Waals surface area contributed by atoms with Gasteiger partial charge in [-0.05, 0) is 42.7 Å². The SMILES string of the molecule is COC(=O)c1ccc(CN2CCC(NC(=O)c3ccccc3)CC2)cc1.